The third-order valence-corrected chi connectivity index (χ3v) is 13.3. The molecule has 0 atom stereocenters. The molecule has 0 aliphatic rings. The third kappa shape index (κ3) is 6.65. The summed E-state index contributed by atoms with van der Waals surface area (Å²) in [4.78, 5) is 15.6. The first-order chi connectivity index (χ1) is 31.2. The Balaban J connectivity index is 0.925. The van der Waals surface area contributed by atoms with Crippen molar-refractivity contribution in [3.63, 3.8) is 0 Å². The number of fused-ring (bicyclic) bond motifs is 6. The standard InChI is InChI=1S/C59H37N3S/c1-4-14-39(15-5-1)46-21-12-24-51-56(46)50-35-34-45(36-54(50)60-57(51)43-16-6-2-7-17-43)38-26-30-41(31-27-38)52-37-53(62-59(61-52)44-18-8-3-9-19-44)42-32-28-40(29-33-42)47-22-13-23-49-48-20-10-11-25-55(48)63-58(47)49/h1-37H. The molecule has 9 aromatic carbocycles. The zero-order chi connectivity index (χ0) is 41.7. The van der Waals surface area contributed by atoms with Crippen molar-refractivity contribution in [2.45, 2.75) is 0 Å². The molecule has 0 amide bonds. The molecule has 0 aliphatic carbocycles. The minimum Gasteiger partial charge on any atom is -0.247 e. The monoisotopic (exact) mass is 819 g/mol. The Labute approximate surface area is 369 Å². The van der Waals surface area contributed by atoms with E-state index in [0.717, 1.165) is 66.8 Å². The van der Waals surface area contributed by atoms with Gasteiger partial charge in [0.2, 0.25) is 0 Å². The first-order valence-corrected chi connectivity index (χ1v) is 22.1. The Morgan fingerprint density at radius 2 is 0.825 bits per heavy atom. The molecule has 0 unspecified atom stereocenters. The third-order valence-electron chi connectivity index (χ3n) is 12.1. The summed E-state index contributed by atoms with van der Waals surface area (Å²) in [5.74, 6) is 0.697. The lowest BCUT2D eigenvalue weighted by Gasteiger charge is -2.15. The highest BCUT2D eigenvalue weighted by Gasteiger charge is 2.17. The Hall–Kier alpha value is -8.05. The normalized spacial score (nSPS) is 11.5. The molecule has 294 valence electrons. The SMILES string of the molecule is c1ccc(-c2nc(-c3ccc(-c4ccc5c(c4)nc(-c4ccccc4)c4cccc(-c6ccccc6)c45)cc3)cc(-c3ccc(-c4cccc5c4sc4ccccc45)cc3)n2)cc1. The van der Waals surface area contributed by atoms with E-state index >= 15 is 0 Å². The summed E-state index contributed by atoms with van der Waals surface area (Å²) < 4.78 is 2.62. The minimum absolute atomic E-state index is 0.697. The fraction of sp³-hybridized carbons (Fsp3) is 0. The maximum absolute atomic E-state index is 5.37. The van der Waals surface area contributed by atoms with Crippen LogP contribution in [0.25, 0.3) is 120 Å². The number of hydrogen-bond acceptors (Lipinski definition) is 4. The molecule has 0 spiro atoms. The Morgan fingerprint density at radius 3 is 1.52 bits per heavy atom. The van der Waals surface area contributed by atoms with Crippen molar-refractivity contribution in [3.8, 4) is 78.5 Å². The van der Waals surface area contributed by atoms with Crippen LogP contribution in [-0.2, 0) is 0 Å². The van der Waals surface area contributed by atoms with Crippen LogP contribution >= 0.6 is 11.3 Å². The van der Waals surface area contributed by atoms with E-state index in [-0.39, 0.29) is 0 Å². The molecular weight excluding hydrogens is 783 g/mol. The van der Waals surface area contributed by atoms with Gasteiger partial charge in [-0.15, -0.1) is 11.3 Å². The van der Waals surface area contributed by atoms with Gasteiger partial charge < -0.3 is 0 Å². The summed E-state index contributed by atoms with van der Waals surface area (Å²) in [5, 5.41) is 6.11. The zero-order valence-electron chi connectivity index (χ0n) is 34.1. The van der Waals surface area contributed by atoms with Crippen LogP contribution in [0.3, 0.4) is 0 Å². The van der Waals surface area contributed by atoms with Gasteiger partial charge in [0.05, 0.1) is 22.6 Å². The molecule has 0 fully saturated rings. The molecule has 63 heavy (non-hydrogen) atoms. The zero-order valence-corrected chi connectivity index (χ0v) is 34.9. The summed E-state index contributed by atoms with van der Waals surface area (Å²) in [6, 6.07) is 79.7. The molecule has 0 radical (unpaired) electrons. The van der Waals surface area contributed by atoms with Gasteiger partial charge in [-0.1, -0.05) is 206 Å². The number of rotatable bonds is 7. The van der Waals surface area contributed by atoms with Crippen molar-refractivity contribution in [3.05, 3.63) is 224 Å². The fourth-order valence-electron chi connectivity index (χ4n) is 9.00. The topological polar surface area (TPSA) is 38.7 Å². The summed E-state index contributed by atoms with van der Waals surface area (Å²) in [5.41, 5.74) is 14.9. The van der Waals surface area contributed by atoms with Crippen molar-refractivity contribution >= 4 is 53.2 Å². The molecule has 0 bridgehead atoms. The number of pyridine rings is 1. The molecule has 12 aromatic rings. The molecule has 0 N–H and O–H groups in total. The highest BCUT2D eigenvalue weighted by molar-refractivity contribution is 7.26. The van der Waals surface area contributed by atoms with Gasteiger partial charge in [-0.05, 0) is 51.6 Å². The van der Waals surface area contributed by atoms with E-state index in [9.17, 15) is 0 Å². The summed E-state index contributed by atoms with van der Waals surface area (Å²) >= 11 is 1.86. The van der Waals surface area contributed by atoms with E-state index in [1.807, 2.05) is 29.5 Å². The summed E-state index contributed by atoms with van der Waals surface area (Å²) in [6.45, 7) is 0. The maximum atomic E-state index is 5.37. The van der Waals surface area contributed by atoms with Crippen LogP contribution in [0, 0.1) is 0 Å². The highest BCUT2D eigenvalue weighted by atomic mass is 32.1. The molecule has 0 saturated carbocycles. The second-order valence-electron chi connectivity index (χ2n) is 15.9. The number of nitrogens with zero attached hydrogens (tertiary/aromatic N) is 3. The Morgan fingerprint density at radius 1 is 0.302 bits per heavy atom. The fourth-order valence-corrected chi connectivity index (χ4v) is 10.2. The maximum Gasteiger partial charge on any atom is 0.160 e. The molecule has 3 heterocycles. The van der Waals surface area contributed by atoms with Crippen molar-refractivity contribution in [2.75, 3.05) is 0 Å². The second-order valence-corrected chi connectivity index (χ2v) is 17.0. The van der Waals surface area contributed by atoms with Crippen molar-refractivity contribution in [1.82, 2.24) is 15.0 Å². The minimum atomic E-state index is 0.697. The van der Waals surface area contributed by atoms with Gasteiger partial charge in [-0.2, -0.15) is 0 Å². The van der Waals surface area contributed by atoms with E-state index in [1.165, 1.54) is 47.8 Å². The first kappa shape index (κ1) is 36.8. The predicted octanol–water partition coefficient (Wildman–Crippen LogP) is 16.2. The average Bonchev–Trinajstić information content (AvgIpc) is 3.76. The van der Waals surface area contributed by atoms with Crippen LogP contribution in [-0.4, -0.2) is 15.0 Å². The lowest BCUT2D eigenvalue weighted by Crippen LogP contribution is -1.96. The Kier molecular flexibility index (Phi) is 9.02. The largest absolute Gasteiger partial charge is 0.247 e. The average molecular weight is 820 g/mol. The number of hydrogen-bond donors (Lipinski definition) is 0. The van der Waals surface area contributed by atoms with E-state index in [0.29, 0.717) is 5.82 Å². The number of aromatic nitrogens is 3. The molecule has 12 rings (SSSR count). The summed E-state index contributed by atoms with van der Waals surface area (Å²) in [6.07, 6.45) is 0. The highest BCUT2D eigenvalue weighted by Crippen LogP contribution is 2.42. The van der Waals surface area contributed by atoms with Gasteiger partial charge in [0.25, 0.3) is 0 Å². The van der Waals surface area contributed by atoms with Crippen LogP contribution in [0.15, 0.2) is 224 Å². The second kappa shape index (κ2) is 15.4. The van der Waals surface area contributed by atoms with Crippen LogP contribution in [0.5, 0.6) is 0 Å². The van der Waals surface area contributed by atoms with E-state index in [2.05, 4.69) is 206 Å². The lowest BCUT2D eigenvalue weighted by atomic mass is 9.92. The van der Waals surface area contributed by atoms with Crippen LogP contribution < -0.4 is 0 Å². The smallest absolute Gasteiger partial charge is 0.160 e. The molecule has 3 nitrogen and oxygen atoms in total. The van der Waals surface area contributed by atoms with Gasteiger partial charge in [0, 0.05) is 58.6 Å². The van der Waals surface area contributed by atoms with Gasteiger partial charge in [-0.25, -0.2) is 15.0 Å². The van der Waals surface area contributed by atoms with Crippen molar-refractivity contribution in [2.24, 2.45) is 0 Å². The molecule has 4 heteroatoms. The quantitative estimate of drug-likeness (QED) is 0.150. The van der Waals surface area contributed by atoms with Gasteiger partial charge in [0.15, 0.2) is 5.82 Å². The van der Waals surface area contributed by atoms with E-state index < -0.39 is 0 Å². The lowest BCUT2D eigenvalue weighted by molar-refractivity contribution is 1.18. The van der Waals surface area contributed by atoms with E-state index in [1.54, 1.807) is 0 Å². The van der Waals surface area contributed by atoms with Gasteiger partial charge in [-0.3, -0.25) is 0 Å². The number of thiophene rings is 1. The summed E-state index contributed by atoms with van der Waals surface area (Å²) in [7, 11) is 0. The first-order valence-electron chi connectivity index (χ1n) is 21.3. The van der Waals surface area contributed by atoms with Crippen LogP contribution in [0.2, 0.25) is 0 Å². The van der Waals surface area contributed by atoms with Crippen molar-refractivity contribution < 1.29 is 0 Å². The van der Waals surface area contributed by atoms with Gasteiger partial charge in [0.1, 0.15) is 0 Å². The Bertz CT molecular complexity index is 3640. The number of benzene rings is 9. The van der Waals surface area contributed by atoms with Crippen LogP contribution in [0.1, 0.15) is 0 Å². The molecule has 3 aromatic heterocycles. The molecule has 0 saturated heterocycles. The molecular formula is C59H37N3S. The van der Waals surface area contributed by atoms with Crippen LogP contribution in [0.4, 0.5) is 0 Å². The molecule has 0 aliphatic heterocycles. The van der Waals surface area contributed by atoms with E-state index in [4.69, 9.17) is 15.0 Å². The van der Waals surface area contributed by atoms with Crippen molar-refractivity contribution in [1.29, 1.82) is 0 Å². The van der Waals surface area contributed by atoms with Gasteiger partial charge >= 0.3 is 0 Å². The predicted molar refractivity (Wildman–Crippen MR) is 266 cm³/mol.